The molecule has 122 valence electrons. The van der Waals surface area contributed by atoms with Gasteiger partial charge in [-0.05, 0) is 54.3 Å². The van der Waals surface area contributed by atoms with Gasteiger partial charge in [-0.3, -0.25) is 14.8 Å². The molecule has 2 aliphatic rings. The Kier molecular flexibility index (Phi) is 3.17. The van der Waals surface area contributed by atoms with E-state index in [1.165, 1.54) is 0 Å². The molecule has 0 saturated heterocycles. The number of carbonyl (C=O) groups is 1. The minimum absolute atomic E-state index is 0.0602. The molecule has 0 bridgehead atoms. The van der Waals surface area contributed by atoms with E-state index >= 15 is 0 Å². The maximum atomic E-state index is 12.8. The Morgan fingerprint density at radius 3 is 2.76 bits per heavy atom. The molecule has 4 nitrogen and oxygen atoms in total. The summed E-state index contributed by atoms with van der Waals surface area (Å²) in [7, 11) is 0. The van der Waals surface area contributed by atoms with Crippen LogP contribution >= 0.6 is 0 Å². The first-order valence-electron chi connectivity index (χ1n) is 8.64. The number of anilines is 1. The van der Waals surface area contributed by atoms with Gasteiger partial charge in [0.1, 0.15) is 0 Å². The van der Waals surface area contributed by atoms with Crippen LogP contribution in [0, 0.1) is 0 Å². The SMILES string of the molecule is O=C1CCCC2=C1C(c1ccncc1)c1c(ccc3ncccc13)N2. The van der Waals surface area contributed by atoms with E-state index in [9.17, 15) is 4.79 Å². The van der Waals surface area contributed by atoms with Gasteiger partial charge in [0.25, 0.3) is 0 Å². The molecule has 1 aromatic carbocycles. The minimum Gasteiger partial charge on any atom is -0.358 e. The molecule has 1 aliphatic carbocycles. The second kappa shape index (κ2) is 5.52. The average Bonchev–Trinajstić information content (AvgIpc) is 2.67. The van der Waals surface area contributed by atoms with E-state index in [1.807, 2.05) is 30.5 Å². The molecule has 1 atom stereocenters. The van der Waals surface area contributed by atoms with Gasteiger partial charge in [-0.15, -0.1) is 0 Å². The molecule has 25 heavy (non-hydrogen) atoms. The monoisotopic (exact) mass is 327 g/mol. The van der Waals surface area contributed by atoms with Gasteiger partial charge in [0.05, 0.1) is 5.52 Å². The Morgan fingerprint density at radius 1 is 1.00 bits per heavy atom. The van der Waals surface area contributed by atoms with Crippen LogP contribution in [0.2, 0.25) is 0 Å². The molecule has 1 N–H and O–H groups in total. The summed E-state index contributed by atoms with van der Waals surface area (Å²) in [4.78, 5) is 21.5. The van der Waals surface area contributed by atoms with Crippen molar-refractivity contribution in [3.8, 4) is 0 Å². The Morgan fingerprint density at radius 2 is 1.88 bits per heavy atom. The number of Topliss-reactive ketones (excluding diaryl/α,β-unsaturated/α-hetero) is 1. The van der Waals surface area contributed by atoms with E-state index in [4.69, 9.17) is 0 Å². The number of aromatic nitrogens is 2. The lowest BCUT2D eigenvalue weighted by atomic mass is 9.74. The summed E-state index contributed by atoms with van der Waals surface area (Å²) in [6.45, 7) is 0. The fraction of sp³-hybridized carbons (Fsp3) is 0.190. The number of hydrogen-bond donors (Lipinski definition) is 1. The summed E-state index contributed by atoms with van der Waals surface area (Å²) in [5, 5.41) is 4.63. The zero-order valence-electron chi connectivity index (χ0n) is 13.7. The number of pyridine rings is 2. The van der Waals surface area contributed by atoms with Crippen molar-refractivity contribution in [2.24, 2.45) is 0 Å². The standard InChI is InChI=1S/C21H17N3O/c25-18-5-1-4-16-21(18)19(13-8-11-22-12-9-13)20-14-3-2-10-23-15(14)6-7-17(20)24-16/h2-3,6-12,19,24H,1,4-5H2. The van der Waals surface area contributed by atoms with Crippen molar-refractivity contribution in [1.29, 1.82) is 0 Å². The second-order valence-electron chi connectivity index (χ2n) is 6.60. The molecule has 4 heteroatoms. The number of allylic oxidation sites excluding steroid dienone is 2. The molecule has 3 aromatic rings. The fourth-order valence-electron chi connectivity index (χ4n) is 4.12. The van der Waals surface area contributed by atoms with Crippen LogP contribution in [0.5, 0.6) is 0 Å². The van der Waals surface area contributed by atoms with Gasteiger partial charge in [0, 0.05) is 53.3 Å². The maximum absolute atomic E-state index is 12.8. The average molecular weight is 327 g/mol. The quantitative estimate of drug-likeness (QED) is 0.728. The highest BCUT2D eigenvalue weighted by atomic mass is 16.1. The topological polar surface area (TPSA) is 54.9 Å². The molecular formula is C21H17N3O. The highest BCUT2D eigenvalue weighted by molar-refractivity contribution is 6.03. The van der Waals surface area contributed by atoms with Crippen LogP contribution in [0.3, 0.4) is 0 Å². The van der Waals surface area contributed by atoms with E-state index in [-0.39, 0.29) is 11.7 Å². The molecule has 1 aliphatic heterocycles. The first kappa shape index (κ1) is 14.3. The van der Waals surface area contributed by atoms with E-state index in [1.54, 1.807) is 12.4 Å². The molecule has 0 spiro atoms. The molecule has 0 fully saturated rings. The van der Waals surface area contributed by atoms with E-state index in [0.717, 1.165) is 51.8 Å². The van der Waals surface area contributed by atoms with Crippen LogP contribution < -0.4 is 5.32 Å². The summed E-state index contributed by atoms with van der Waals surface area (Å²) < 4.78 is 0. The third-order valence-corrected chi connectivity index (χ3v) is 5.19. The van der Waals surface area contributed by atoms with E-state index in [0.29, 0.717) is 6.42 Å². The summed E-state index contributed by atoms with van der Waals surface area (Å²) in [5.74, 6) is 0.192. The van der Waals surface area contributed by atoms with Crippen molar-refractivity contribution in [3.63, 3.8) is 0 Å². The van der Waals surface area contributed by atoms with Gasteiger partial charge in [-0.1, -0.05) is 6.07 Å². The molecule has 1 unspecified atom stereocenters. The first-order valence-corrected chi connectivity index (χ1v) is 8.64. The fourth-order valence-corrected chi connectivity index (χ4v) is 4.12. The number of hydrogen-bond acceptors (Lipinski definition) is 4. The predicted molar refractivity (Wildman–Crippen MR) is 97.3 cm³/mol. The van der Waals surface area contributed by atoms with Crippen molar-refractivity contribution in [2.45, 2.75) is 25.2 Å². The second-order valence-corrected chi connectivity index (χ2v) is 6.60. The summed E-state index contributed by atoms with van der Waals surface area (Å²) in [5.41, 5.74) is 6.28. The van der Waals surface area contributed by atoms with Gasteiger partial charge in [0.2, 0.25) is 0 Å². The zero-order valence-corrected chi connectivity index (χ0v) is 13.7. The van der Waals surface area contributed by atoms with Crippen LogP contribution in [0.15, 0.2) is 66.3 Å². The minimum atomic E-state index is -0.0602. The number of nitrogens with one attached hydrogen (secondary N) is 1. The highest BCUT2D eigenvalue weighted by Crippen LogP contribution is 2.47. The highest BCUT2D eigenvalue weighted by Gasteiger charge is 2.36. The number of fused-ring (bicyclic) bond motifs is 3. The Balaban J connectivity index is 1.85. The van der Waals surface area contributed by atoms with E-state index < -0.39 is 0 Å². The number of nitrogens with zero attached hydrogens (tertiary/aromatic N) is 2. The number of carbonyl (C=O) groups excluding carboxylic acids is 1. The van der Waals surface area contributed by atoms with Gasteiger partial charge in [-0.2, -0.15) is 0 Å². The number of ketones is 1. The molecule has 0 saturated carbocycles. The summed E-state index contributed by atoms with van der Waals surface area (Å²) in [6.07, 6.45) is 7.87. The molecule has 5 rings (SSSR count). The van der Waals surface area contributed by atoms with Gasteiger partial charge >= 0.3 is 0 Å². The molecule has 2 aromatic heterocycles. The van der Waals surface area contributed by atoms with Crippen LogP contribution in [0.1, 0.15) is 36.3 Å². The lowest BCUT2D eigenvalue weighted by Gasteiger charge is -2.34. The predicted octanol–water partition coefficient (Wildman–Crippen LogP) is 4.19. The van der Waals surface area contributed by atoms with Crippen molar-refractivity contribution >= 4 is 22.4 Å². The molecular weight excluding hydrogens is 310 g/mol. The number of benzene rings is 1. The molecule has 0 amide bonds. The largest absolute Gasteiger partial charge is 0.358 e. The van der Waals surface area contributed by atoms with E-state index in [2.05, 4.69) is 27.4 Å². The normalized spacial score (nSPS) is 19.4. The maximum Gasteiger partial charge on any atom is 0.161 e. The Bertz CT molecular complexity index is 1020. The zero-order chi connectivity index (χ0) is 16.8. The van der Waals surface area contributed by atoms with Gasteiger partial charge in [-0.25, -0.2) is 0 Å². The summed E-state index contributed by atoms with van der Waals surface area (Å²) in [6, 6.07) is 12.2. The third-order valence-electron chi connectivity index (χ3n) is 5.19. The smallest absolute Gasteiger partial charge is 0.161 e. The van der Waals surface area contributed by atoms with Gasteiger partial charge in [0.15, 0.2) is 5.78 Å². The van der Waals surface area contributed by atoms with Crippen LogP contribution in [0.25, 0.3) is 10.9 Å². The first-order chi connectivity index (χ1) is 12.3. The lowest BCUT2D eigenvalue weighted by Crippen LogP contribution is -2.27. The Labute approximate surface area is 145 Å². The summed E-state index contributed by atoms with van der Waals surface area (Å²) >= 11 is 0. The number of rotatable bonds is 1. The lowest BCUT2D eigenvalue weighted by molar-refractivity contribution is -0.116. The van der Waals surface area contributed by atoms with Crippen molar-refractivity contribution in [1.82, 2.24) is 9.97 Å². The third kappa shape index (κ3) is 2.18. The van der Waals surface area contributed by atoms with Crippen LogP contribution in [0.4, 0.5) is 5.69 Å². The Hall–Kier alpha value is -3.01. The van der Waals surface area contributed by atoms with Crippen LogP contribution in [-0.4, -0.2) is 15.8 Å². The van der Waals surface area contributed by atoms with Crippen molar-refractivity contribution < 1.29 is 4.79 Å². The van der Waals surface area contributed by atoms with Crippen LogP contribution in [-0.2, 0) is 4.79 Å². The van der Waals surface area contributed by atoms with Crippen molar-refractivity contribution in [2.75, 3.05) is 5.32 Å². The molecule has 3 heterocycles. The van der Waals surface area contributed by atoms with Gasteiger partial charge < -0.3 is 5.32 Å². The van der Waals surface area contributed by atoms with Crippen molar-refractivity contribution in [3.05, 3.63) is 77.4 Å². The molecule has 0 radical (unpaired) electrons.